The molecule has 0 rings (SSSR count). The van der Waals surface area contributed by atoms with Crippen LogP contribution in [0, 0.1) is 0 Å². The fraction of sp³-hybridized carbons (Fsp3) is 1.00. The molecule has 0 saturated heterocycles. The molecule has 0 aliphatic heterocycles. The van der Waals surface area contributed by atoms with Gasteiger partial charge < -0.3 is 19.7 Å². The van der Waals surface area contributed by atoms with E-state index in [1.54, 1.807) is 7.11 Å². The van der Waals surface area contributed by atoms with Crippen LogP contribution < -0.4 is 5.32 Å². The van der Waals surface area contributed by atoms with Crippen molar-refractivity contribution < 1.29 is 9.47 Å². The molecule has 4 nitrogen and oxygen atoms in total. The van der Waals surface area contributed by atoms with Crippen LogP contribution in [0.2, 0.25) is 0 Å². The first kappa shape index (κ1) is 14.8. The zero-order chi connectivity index (χ0) is 11.5. The predicted molar refractivity (Wildman–Crippen MR) is 63.3 cm³/mol. The Balaban J connectivity index is 3.09. The molecular weight excluding hydrogens is 192 g/mol. The molecule has 1 N–H and O–H groups in total. The highest BCUT2D eigenvalue weighted by atomic mass is 16.5. The Kier molecular flexibility index (Phi) is 10.3. The molecule has 1 atom stereocenters. The highest BCUT2D eigenvalue weighted by Crippen LogP contribution is 1.87. The van der Waals surface area contributed by atoms with E-state index >= 15 is 0 Å². The molecule has 0 aromatic heterocycles. The molecule has 0 amide bonds. The van der Waals surface area contributed by atoms with Gasteiger partial charge in [-0.1, -0.05) is 0 Å². The van der Waals surface area contributed by atoms with E-state index in [0.29, 0.717) is 19.3 Å². The van der Waals surface area contributed by atoms with Gasteiger partial charge in [-0.2, -0.15) is 0 Å². The Morgan fingerprint density at radius 1 is 1.20 bits per heavy atom. The van der Waals surface area contributed by atoms with Crippen molar-refractivity contribution in [2.75, 3.05) is 54.1 Å². The second-order valence-electron chi connectivity index (χ2n) is 4.08. The van der Waals surface area contributed by atoms with Crippen LogP contribution in [-0.4, -0.2) is 65.1 Å². The number of rotatable bonds is 10. The molecule has 0 bridgehead atoms. The second-order valence-corrected chi connectivity index (χ2v) is 4.08. The first-order chi connectivity index (χ1) is 7.16. The summed E-state index contributed by atoms with van der Waals surface area (Å²) < 4.78 is 10.2. The van der Waals surface area contributed by atoms with Crippen molar-refractivity contribution in [1.82, 2.24) is 10.2 Å². The Hall–Kier alpha value is -0.160. The van der Waals surface area contributed by atoms with Crippen LogP contribution in [0.25, 0.3) is 0 Å². The maximum Gasteiger partial charge on any atom is 0.0700 e. The molecule has 0 aromatic rings. The Morgan fingerprint density at radius 2 is 1.93 bits per heavy atom. The molecule has 0 saturated carbocycles. The van der Waals surface area contributed by atoms with Gasteiger partial charge in [0.05, 0.1) is 13.2 Å². The number of nitrogens with one attached hydrogen (secondary N) is 1. The van der Waals surface area contributed by atoms with E-state index in [0.717, 1.165) is 26.1 Å². The summed E-state index contributed by atoms with van der Waals surface area (Å²) in [5.74, 6) is 0. The third-order valence-corrected chi connectivity index (χ3v) is 2.03. The lowest BCUT2D eigenvalue weighted by atomic mass is 10.3. The summed E-state index contributed by atoms with van der Waals surface area (Å²) in [5, 5.41) is 3.45. The molecule has 0 spiro atoms. The third kappa shape index (κ3) is 11.8. The van der Waals surface area contributed by atoms with Gasteiger partial charge in [-0.15, -0.1) is 0 Å². The topological polar surface area (TPSA) is 33.7 Å². The first-order valence-corrected chi connectivity index (χ1v) is 5.61. The summed E-state index contributed by atoms with van der Waals surface area (Å²) in [7, 11) is 5.87. The fourth-order valence-corrected chi connectivity index (χ4v) is 1.38. The molecule has 4 heteroatoms. The quantitative estimate of drug-likeness (QED) is 0.544. The zero-order valence-electron chi connectivity index (χ0n) is 10.6. The van der Waals surface area contributed by atoms with Crippen LogP contribution >= 0.6 is 0 Å². The van der Waals surface area contributed by atoms with Crippen LogP contribution in [0.15, 0.2) is 0 Å². The molecule has 0 heterocycles. The molecule has 0 radical (unpaired) electrons. The van der Waals surface area contributed by atoms with Crippen LogP contribution in [-0.2, 0) is 9.47 Å². The average molecular weight is 218 g/mol. The summed E-state index contributed by atoms with van der Waals surface area (Å²) >= 11 is 0. The maximum absolute atomic E-state index is 5.36. The van der Waals surface area contributed by atoms with Gasteiger partial charge in [-0.3, -0.25) is 0 Å². The van der Waals surface area contributed by atoms with Crippen molar-refractivity contribution in [3.05, 3.63) is 0 Å². The maximum atomic E-state index is 5.36. The summed E-state index contributed by atoms with van der Waals surface area (Å²) in [5.41, 5.74) is 0. The van der Waals surface area contributed by atoms with E-state index in [1.165, 1.54) is 0 Å². The van der Waals surface area contributed by atoms with Crippen LogP contribution in [0.1, 0.15) is 13.3 Å². The van der Waals surface area contributed by atoms with E-state index in [4.69, 9.17) is 9.47 Å². The molecule has 0 aliphatic rings. The van der Waals surface area contributed by atoms with Crippen LogP contribution in [0.5, 0.6) is 0 Å². The monoisotopic (exact) mass is 218 g/mol. The first-order valence-electron chi connectivity index (χ1n) is 5.61. The van der Waals surface area contributed by atoms with Crippen molar-refractivity contribution in [3.63, 3.8) is 0 Å². The Labute approximate surface area is 93.9 Å². The lowest BCUT2D eigenvalue weighted by Gasteiger charge is -2.18. The normalized spacial score (nSPS) is 13.4. The smallest absolute Gasteiger partial charge is 0.0700 e. The summed E-state index contributed by atoms with van der Waals surface area (Å²) in [6.45, 7) is 6.48. The van der Waals surface area contributed by atoms with Gasteiger partial charge in [-0.05, 0) is 34.0 Å². The molecule has 0 aromatic carbocycles. The highest BCUT2D eigenvalue weighted by molar-refractivity contribution is 4.62. The molecule has 15 heavy (non-hydrogen) atoms. The number of likely N-dealkylation sites (N-methyl/N-ethyl adjacent to an activating group) is 1. The van der Waals surface area contributed by atoms with E-state index in [9.17, 15) is 0 Å². The van der Waals surface area contributed by atoms with Crippen LogP contribution in [0.3, 0.4) is 0 Å². The van der Waals surface area contributed by atoms with Gasteiger partial charge in [-0.25, -0.2) is 0 Å². The summed E-state index contributed by atoms with van der Waals surface area (Å²) in [6, 6.07) is 0.541. The van der Waals surface area contributed by atoms with Crippen molar-refractivity contribution in [1.29, 1.82) is 0 Å². The minimum Gasteiger partial charge on any atom is -0.382 e. The Morgan fingerprint density at radius 3 is 2.53 bits per heavy atom. The van der Waals surface area contributed by atoms with Gasteiger partial charge in [0.15, 0.2) is 0 Å². The van der Waals surface area contributed by atoms with Crippen molar-refractivity contribution in [3.8, 4) is 0 Å². The predicted octanol–water partition coefficient (Wildman–Crippen LogP) is 0.579. The third-order valence-electron chi connectivity index (χ3n) is 2.03. The fourth-order valence-electron chi connectivity index (χ4n) is 1.38. The minimum absolute atomic E-state index is 0.541. The molecule has 0 fully saturated rings. The number of ether oxygens (including phenoxy) is 2. The van der Waals surface area contributed by atoms with Gasteiger partial charge in [0.25, 0.3) is 0 Å². The van der Waals surface area contributed by atoms with Gasteiger partial charge in [0, 0.05) is 26.3 Å². The average Bonchev–Trinajstić information content (AvgIpc) is 2.15. The molecule has 0 aliphatic carbocycles. The number of nitrogens with zero attached hydrogens (tertiary/aromatic N) is 1. The van der Waals surface area contributed by atoms with Crippen molar-refractivity contribution in [2.24, 2.45) is 0 Å². The molecule has 92 valence electrons. The second kappa shape index (κ2) is 10.4. The van der Waals surface area contributed by atoms with E-state index in [-0.39, 0.29) is 0 Å². The standard InChI is InChI=1S/C11H26N2O2/c1-11(10-13(2)3)12-6-5-7-15-9-8-14-4/h11-12H,5-10H2,1-4H3. The lowest BCUT2D eigenvalue weighted by molar-refractivity contribution is 0.0692. The van der Waals surface area contributed by atoms with Crippen molar-refractivity contribution in [2.45, 2.75) is 19.4 Å². The SMILES string of the molecule is COCCOCCCNC(C)CN(C)C. The van der Waals surface area contributed by atoms with Gasteiger partial charge >= 0.3 is 0 Å². The van der Waals surface area contributed by atoms with E-state index in [1.807, 2.05) is 0 Å². The van der Waals surface area contributed by atoms with Gasteiger partial charge in [0.1, 0.15) is 0 Å². The summed E-state index contributed by atoms with van der Waals surface area (Å²) in [4.78, 5) is 2.19. The van der Waals surface area contributed by atoms with Gasteiger partial charge in [0.2, 0.25) is 0 Å². The molecular formula is C11H26N2O2. The largest absolute Gasteiger partial charge is 0.382 e. The lowest BCUT2D eigenvalue weighted by Crippen LogP contribution is -2.36. The zero-order valence-corrected chi connectivity index (χ0v) is 10.6. The highest BCUT2D eigenvalue weighted by Gasteiger charge is 2.01. The molecule has 1 unspecified atom stereocenters. The number of hydrogen-bond donors (Lipinski definition) is 1. The number of hydrogen-bond acceptors (Lipinski definition) is 4. The summed E-state index contributed by atoms with van der Waals surface area (Å²) in [6.07, 6.45) is 1.06. The Bertz CT molecular complexity index is 132. The van der Waals surface area contributed by atoms with Crippen molar-refractivity contribution >= 4 is 0 Å². The van der Waals surface area contributed by atoms with E-state index in [2.05, 4.69) is 31.2 Å². The van der Waals surface area contributed by atoms with E-state index < -0.39 is 0 Å². The number of methoxy groups -OCH3 is 1. The van der Waals surface area contributed by atoms with Crippen LogP contribution in [0.4, 0.5) is 0 Å². The minimum atomic E-state index is 0.541.